The minimum absolute atomic E-state index is 0.294. The third-order valence-electron chi connectivity index (χ3n) is 5.98. The largest absolute Gasteiger partial charge is 0.461 e. The Morgan fingerprint density at radius 3 is 2.66 bits per heavy atom. The summed E-state index contributed by atoms with van der Waals surface area (Å²) in [6, 6.07) is 10.2. The maximum absolute atomic E-state index is 12.7. The highest BCUT2D eigenvalue weighted by atomic mass is 35.5. The number of benzene rings is 1. The number of carbonyl (C=O) groups is 1. The van der Waals surface area contributed by atoms with Crippen LogP contribution in [0.2, 0.25) is 0 Å². The summed E-state index contributed by atoms with van der Waals surface area (Å²) < 4.78 is 43.9. The number of hydrogen-bond donors (Lipinski definition) is 0. The quantitative estimate of drug-likeness (QED) is 0.515. The van der Waals surface area contributed by atoms with Crippen molar-refractivity contribution < 1.29 is 22.7 Å². The van der Waals surface area contributed by atoms with E-state index in [0.29, 0.717) is 12.8 Å². The molecule has 0 saturated heterocycles. The Labute approximate surface area is 176 Å². The molecule has 29 heavy (non-hydrogen) atoms. The summed E-state index contributed by atoms with van der Waals surface area (Å²) in [4.78, 5) is 13.9. The van der Waals surface area contributed by atoms with Gasteiger partial charge in [-0.3, -0.25) is 4.79 Å². The lowest BCUT2D eigenvalue weighted by Crippen LogP contribution is -2.21. The Kier molecular flexibility index (Phi) is 5.06. The number of thiophene rings is 1. The van der Waals surface area contributed by atoms with Crippen LogP contribution in [0.5, 0.6) is 0 Å². The lowest BCUT2D eigenvalue weighted by Gasteiger charge is -2.12. The number of carbonyl (C=O) groups excluding carboxylic acids is 1. The maximum Gasteiger partial charge on any atom is 0.426 e. The van der Waals surface area contributed by atoms with Crippen LogP contribution in [-0.2, 0) is 22.4 Å². The first kappa shape index (κ1) is 20.5. The van der Waals surface area contributed by atoms with Gasteiger partial charge in [0, 0.05) is 17.7 Å². The first-order chi connectivity index (χ1) is 13.6. The predicted octanol–water partition coefficient (Wildman–Crippen LogP) is 6.38. The fraction of sp³-hybridized carbons (Fsp3) is 0.409. The van der Waals surface area contributed by atoms with Crippen LogP contribution in [0.3, 0.4) is 0 Å². The molecule has 0 bridgehead atoms. The lowest BCUT2D eigenvalue weighted by molar-refractivity contribution is -0.151. The molecule has 0 N–H and O–H groups in total. The average Bonchev–Trinajstić information content (AvgIpc) is 3.08. The third kappa shape index (κ3) is 3.84. The van der Waals surface area contributed by atoms with Crippen molar-refractivity contribution in [3.8, 4) is 10.4 Å². The standard InChI is InChI=1S/C22H20ClF3O2S/c1-21(2)16(11-18(23)22(24,25)26)19(21)20(27)28-13-9-12-5-3-6-14(15(12)10-13)17-7-4-8-29-17/h3-8,11,13,16,19H,9-10H2,1-2H3/b18-11+. The molecular formula is C22H20ClF3O2S. The van der Waals surface area contributed by atoms with Crippen molar-refractivity contribution in [2.24, 2.45) is 17.3 Å². The van der Waals surface area contributed by atoms with E-state index in [1.165, 1.54) is 10.4 Å². The zero-order chi connectivity index (χ0) is 21.0. The van der Waals surface area contributed by atoms with Gasteiger partial charge in [-0.25, -0.2) is 0 Å². The molecule has 4 rings (SSSR count). The van der Waals surface area contributed by atoms with Crippen LogP contribution < -0.4 is 0 Å². The Hall–Kier alpha value is -1.79. The first-order valence-corrected chi connectivity index (χ1v) is 10.6. The molecule has 1 heterocycles. The summed E-state index contributed by atoms with van der Waals surface area (Å²) in [6.07, 6.45) is -2.70. The molecule has 1 saturated carbocycles. The van der Waals surface area contributed by atoms with Gasteiger partial charge in [0.1, 0.15) is 11.1 Å². The van der Waals surface area contributed by atoms with Gasteiger partial charge < -0.3 is 4.74 Å². The second-order valence-corrected chi connectivity index (χ2v) is 9.58. The number of halogens is 4. The number of esters is 1. The van der Waals surface area contributed by atoms with E-state index in [-0.39, 0.29) is 6.10 Å². The SMILES string of the molecule is CC1(C)C(/C=C(/Cl)C(F)(F)F)C1C(=O)OC1Cc2cccc(-c3cccs3)c2C1. The van der Waals surface area contributed by atoms with E-state index in [0.717, 1.165) is 17.2 Å². The Morgan fingerprint density at radius 2 is 2.00 bits per heavy atom. The number of ether oxygens (including phenoxy) is 1. The van der Waals surface area contributed by atoms with Gasteiger partial charge in [0.05, 0.1) is 5.92 Å². The Bertz CT molecular complexity index is 963. The topological polar surface area (TPSA) is 26.3 Å². The summed E-state index contributed by atoms with van der Waals surface area (Å²) in [7, 11) is 0. The molecule has 2 aromatic rings. The molecule has 0 amide bonds. The number of allylic oxidation sites excluding steroid dienone is 2. The molecule has 7 heteroatoms. The molecule has 0 radical (unpaired) electrons. The second-order valence-electron chi connectivity index (χ2n) is 8.22. The number of hydrogen-bond acceptors (Lipinski definition) is 3. The van der Waals surface area contributed by atoms with Crippen LogP contribution in [0.25, 0.3) is 10.4 Å². The van der Waals surface area contributed by atoms with Crippen LogP contribution in [0.15, 0.2) is 46.8 Å². The predicted molar refractivity (Wildman–Crippen MR) is 108 cm³/mol. The van der Waals surface area contributed by atoms with Crippen molar-refractivity contribution >= 4 is 28.9 Å². The molecule has 0 aliphatic heterocycles. The molecule has 1 aromatic carbocycles. The van der Waals surface area contributed by atoms with Crippen LogP contribution in [0, 0.1) is 17.3 Å². The third-order valence-corrected chi connectivity index (χ3v) is 7.23. The van der Waals surface area contributed by atoms with Crippen molar-refractivity contribution in [1.82, 2.24) is 0 Å². The first-order valence-electron chi connectivity index (χ1n) is 9.38. The van der Waals surface area contributed by atoms with E-state index >= 15 is 0 Å². The van der Waals surface area contributed by atoms with Crippen LogP contribution >= 0.6 is 22.9 Å². The highest BCUT2D eigenvalue weighted by molar-refractivity contribution is 7.13. The van der Waals surface area contributed by atoms with E-state index in [1.807, 2.05) is 23.6 Å². The van der Waals surface area contributed by atoms with E-state index in [1.54, 1.807) is 25.2 Å². The smallest absolute Gasteiger partial charge is 0.426 e. The summed E-state index contributed by atoms with van der Waals surface area (Å²) in [5.41, 5.74) is 2.89. The summed E-state index contributed by atoms with van der Waals surface area (Å²) >= 11 is 7.03. The van der Waals surface area contributed by atoms with Gasteiger partial charge in [0.15, 0.2) is 0 Å². The van der Waals surface area contributed by atoms with Gasteiger partial charge >= 0.3 is 12.1 Å². The van der Waals surface area contributed by atoms with Crippen LogP contribution in [0.4, 0.5) is 13.2 Å². The van der Waals surface area contributed by atoms with Crippen molar-refractivity contribution in [1.29, 1.82) is 0 Å². The molecule has 0 spiro atoms. The number of alkyl halides is 3. The fourth-order valence-corrected chi connectivity index (χ4v) is 5.20. The second kappa shape index (κ2) is 7.17. The van der Waals surface area contributed by atoms with Gasteiger partial charge in [0.25, 0.3) is 0 Å². The fourth-order valence-electron chi connectivity index (χ4n) is 4.29. The summed E-state index contributed by atoms with van der Waals surface area (Å²) in [5, 5.41) is 0.843. The molecule has 2 nitrogen and oxygen atoms in total. The van der Waals surface area contributed by atoms with E-state index in [9.17, 15) is 18.0 Å². The van der Waals surface area contributed by atoms with Gasteiger partial charge in [-0.2, -0.15) is 13.2 Å². The normalized spacial score (nSPS) is 25.6. The zero-order valence-electron chi connectivity index (χ0n) is 15.9. The van der Waals surface area contributed by atoms with Gasteiger partial charge in [-0.05, 0) is 39.5 Å². The molecule has 2 aliphatic carbocycles. The van der Waals surface area contributed by atoms with Crippen molar-refractivity contribution in [2.75, 3.05) is 0 Å². The van der Waals surface area contributed by atoms with Gasteiger partial charge in [0.2, 0.25) is 0 Å². The average molecular weight is 441 g/mol. The van der Waals surface area contributed by atoms with E-state index in [4.69, 9.17) is 16.3 Å². The molecule has 1 aromatic heterocycles. The van der Waals surface area contributed by atoms with Gasteiger partial charge in [-0.1, -0.05) is 55.8 Å². The molecule has 3 unspecified atom stereocenters. The van der Waals surface area contributed by atoms with Crippen molar-refractivity contribution in [3.05, 3.63) is 57.9 Å². The van der Waals surface area contributed by atoms with Crippen molar-refractivity contribution in [2.45, 2.75) is 39.0 Å². The van der Waals surface area contributed by atoms with Crippen LogP contribution in [-0.4, -0.2) is 18.2 Å². The Balaban J connectivity index is 1.46. The molecule has 1 fully saturated rings. The molecule has 2 aliphatic rings. The van der Waals surface area contributed by atoms with Crippen LogP contribution in [0.1, 0.15) is 25.0 Å². The molecule has 154 valence electrons. The minimum atomic E-state index is -4.60. The van der Waals surface area contributed by atoms with E-state index < -0.39 is 34.4 Å². The zero-order valence-corrected chi connectivity index (χ0v) is 17.5. The van der Waals surface area contributed by atoms with Crippen molar-refractivity contribution in [3.63, 3.8) is 0 Å². The highest BCUT2D eigenvalue weighted by Crippen LogP contribution is 2.60. The lowest BCUT2D eigenvalue weighted by atomic mass is 10.0. The highest BCUT2D eigenvalue weighted by Gasteiger charge is 2.62. The van der Waals surface area contributed by atoms with Gasteiger partial charge in [-0.15, -0.1) is 11.3 Å². The molecular weight excluding hydrogens is 421 g/mol. The number of rotatable bonds is 4. The Morgan fingerprint density at radius 1 is 1.24 bits per heavy atom. The number of fused-ring (bicyclic) bond motifs is 1. The monoisotopic (exact) mass is 440 g/mol. The van der Waals surface area contributed by atoms with E-state index in [2.05, 4.69) is 12.1 Å². The minimum Gasteiger partial charge on any atom is -0.461 e. The maximum atomic E-state index is 12.7. The summed E-state index contributed by atoms with van der Waals surface area (Å²) in [5.74, 6) is -1.63. The molecule has 3 atom stereocenters. The summed E-state index contributed by atoms with van der Waals surface area (Å²) in [6.45, 7) is 3.53.